The summed E-state index contributed by atoms with van der Waals surface area (Å²) in [6.45, 7) is 5.04. The van der Waals surface area contributed by atoms with Gasteiger partial charge in [-0.3, -0.25) is 0 Å². The predicted molar refractivity (Wildman–Crippen MR) is 60.6 cm³/mol. The van der Waals surface area contributed by atoms with E-state index in [0.717, 1.165) is 17.1 Å². The van der Waals surface area contributed by atoms with Gasteiger partial charge in [-0.15, -0.1) is 0 Å². The fraction of sp³-hybridized carbons (Fsp3) is 0.500. The number of nitrogens with one attached hydrogen (secondary N) is 1. The summed E-state index contributed by atoms with van der Waals surface area (Å²) in [5.41, 5.74) is 0.356. The van der Waals surface area contributed by atoms with Gasteiger partial charge in [0.1, 0.15) is 0 Å². The highest BCUT2D eigenvalue weighted by molar-refractivity contribution is 5.48. The number of benzene rings is 1. The molecule has 0 saturated heterocycles. The smallest absolute Gasteiger partial charge is 0.231 e. The molecule has 1 aromatic carbocycles. The zero-order valence-corrected chi connectivity index (χ0v) is 9.62. The molecule has 0 spiro atoms. The normalized spacial score (nSPS) is 14.2. The van der Waals surface area contributed by atoms with Crippen LogP contribution in [0.15, 0.2) is 18.2 Å². The van der Waals surface area contributed by atoms with Crippen LogP contribution in [0.3, 0.4) is 0 Å². The Kier molecular flexibility index (Phi) is 3.03. The number of hydrogen-bond acceptors (Lipinski definition) is 4. The molecule has 1 aromatic rings. The number of para-hydroxylation sites is 1. The van der Waals surface area contributed by atoms with Gasteiger partial charge in [-0.2, -0.15) is 0 Å². The van der Waals surface area contributed by atoms with Crippen LogP contribution in [0.5, 0.6) is 11.5 Å². The molecule has 4 nitrogen and oxygen atoms in total. The molecule has 0 amide bonds. The van der Waals surface area contributed by atoms with E-state index in [1.165, 1.54) is 0 Å². The maximum Gasteiger partial charge on any atom is 0.231 e. The van der Waals surface area contributed by atoms with Crippen molar-refractivity contribution in [2.45, 2.75) is 26.0 Å². The average Bonchev–Trinajstić information content (AvgIpc) is 2.64. The van der Waals surface area contributed by atoms with Crippen LogP contribution in [0.4, 0.5) is 0 Å². The van der Waals surface area contributed by atoms with Crippen molar-refractivity contribution in [3.63, 3.8) is 0 Å². The Hall–Kier alpha value is -1.26. The highest BCUT2D eigenvalue weighted by Crippen LogP contribution is 2.35. The SMILES string of the molecule is CC(C)(O)CNCc1cccc2c1OCO2. The van der Waals surface area contributed by atoms with Crippen molar-refractivity contribution in [2.24, 2.45) is 0 Å². The number of aliphatic hydroxyl groups is 1. The van der Waals surface area contributed by atoms with Crippen molar-refractivity contribution in [3.8, 4) is 11.5 Å². The molecule has 88 valence electrons. The second kappa shape index (κ2) is 4.31. The molecular formula is C12H17NO3. The van der Waals surface area contributed by atoms with Crippen molar-refractivity contribution < 1.29 is 14.6 Å². The van der Waals surface area contributed by atoms with E-state index in [1.807, 2.05) is 18.2 Å². The van der Waals surface area contributed by atoms with Crippen LogP contribution < -0.4 is 14.8 Å². The van der Waals surface area contributed by atoms with Crippen LogP contribution in [-0.4, -0.2) is 24.0 Å². The minimum atomic E-state index is -0.699. The van der Waals surface area contributed by atoms with Crippen molar-refractivity contribution in [2.75, 3.05) is 13.3 Å². The van der Waals surface area contributed by atoms with Crippen LogP contribution in [0, 0.1) is 0 Å². The molecule has 0 bridgehead atoms. The topological polar surface area (TPSA) is 50.7 Å². The zero-order valence-electron chi connectivity index (χ0n) is 9.62. The lowest BCUT2D eigenvalue weighted by atomic mass is 10.1. The summed E-state index contributed by atoms with van der Waals surface area (Å²) in [7, 11) is 0. The third-order valence-corrected chi connectivity index (χ3v) is 2.35. The Balaban J connectivity index is 1.98. The Labute approximate surface area is 95.2 Å². The molecule has 0 saturated carbocycles. The lowest BCUT2D eigenvalue weighted by Gasteiger charge is -2.18. The Morgan fingerprint density at radius 1 is 1.38 bits per heavy atom. The van der Waals surface area contributed by atoms with Gasteiger partial charge in [-0.1, -0.05) is 12.1 Å². The quantitative estimate of drug-likeness (QED) is 0.807. The van der Waals surface area contributed by atoms with Gasteiger partial charge in [0, 0.05) is 18.7 Å². The third kappa shape index (κ3) is 2.65. The molecule has 16 heavy (non-hydrogen) atoms. The minimum absolute atomic E-state index is 0.290. The lowest BCUT2D eigenvalue weighted by molar-refractivity contribution is 0.0794. The first-order chi connectivity index (χ1) is 7.56. The summed E-state index contributed by atoms with van der Waals surface area (Å²) in [5.74, 6) is 1.60. The molecule has 0 unspecified atom stereocenters. The van der Waals surface area contributed by atoms with E-state index < -0.39 is 5.60 Å². The van der Waals surface area contributed by atoms with Crippen molar-refractivity contribution in [3.05, 3.63) is 23.8 Å². The van der Waals surface area contributed by atoms with E-state index in [2.05, 4.69) is 5.32 Å². The van der Waals surface area contributed by atoms with Crippen LogP contribution in [0.25, 0.3) is 0 Å². The first-order valence-corrected chi connectivity index (χ1v) is 5.37. The minimum Gasteiger partial charge on any atom is -0.454 e. The second-order valence-electron chi connectivity index (χ2n) is 4.57. The number of ether oxygens (including phenoxy) is 2. The molecular weight excluding hydrogens is 206 g/mol. The summed E-state index contributed by atoms with van der Waals surface area (Å²) in [6, 6.07) is 5.82. The molecule has 4 heteroatoms. The van der Waals surface area contributed by atoms with Gasteiger partial charge in [0.15, 0.2) is 11.5 Å². The standard InChI is InChI=1S/C12H17NO3/c1-12(2,14)7-13-6-9-4-3-5-10-11(9)16-8-15-10/h3-5,13-14H,6-8H2,1-2H3. The van der Waals surface area contributed by atoms with Gasteiger partial charge in [0.25, 0.3) is 0 Å². The van der Waals surface area contributed by atoms with Crippen LogP contribution in [0.2, 0.25) is 0 Å². The molecule has 1 aliphatic rings. The van der Waals surface area contributed by atoms with Gasteiger partial charge < -0.3 is 19.9 Å². The number of hydrogen-bond donors (Lipinski definition) is 2. The summed E-state index contributed by atoms with van der Waals surface area (Å²) < 4.78 is 10.7. The van der Waals surface area contributed by atoms with Gasteiger partial charge >= 0.3 is 0 Å². The second-order valence-corrected chi connectivity index (χ2v) is 4.57. The van der Waals surface area contributed by atoms with Crippen LogP contribution >= 0.6 is 0 Å². The monoisotopic (exact) mass is 223 g/mol. The summed E-state index contributed by atoms with van der Waals surface area (Å²) in [5, 5.41) is 12.8. The van der Waals surface area contributed by atoms with E-state index in [1.54, 1.807) is 13.8 Å². The first-order valence-electron chi connectivity index (χ1n) is 5.37. The summed E-state index contributed by atoms with van der Waals surface area (Å²) >= 11 is 0. The Bertz CT molecular complexity index is 371. The Morgan fingerprint density at radius 2 is 2.19 bits per heavy atom. The predicted octanol–water partition coefficient (Wildman–Crippen LogP) is 1.28. The average molecular weight is 223 g/mol. The van der Waals surface area contributed by atoms with E-state index in [-0.39, 0.29) is 6.79 Å². The molecule has 1 heterocycles. The van der Waals surface area contributed by atoms with Gasteiger partial charge in [-0.05, 0) is 19.9 Å². The largest absolute Gasteiger partial charge is 0.454 e. The molecule has 0 fully saturated rings. The number of fused-ring (bicyclic) bond motifs is 1. The van der Waals surface area contributed by atoms with Crippen molar-refractivity contribution >= 4 is 0 Å². The summed E-state index contributed by atoms with van der Waals surface area (Å²) in [6.07, 6.45) is 0. The van der Waals surface area contributed by atoms with E-state index in [0.29, 0.717) is 13.1 Å². The van der Waals surface area contributed by atoms with Crippen molar-refractivity contribution in [1.82, 2.24) is 5.32 Å². The molecule has 0 aliphatic carbocycles. The van der Waals surface area contributed by atoms with Gasteiger partial charge in [0.05, 0.1) is 5.60 Å². The molecule has 1 aliphatic heterocycles. The van der Waals surface area contributed by atoms with Gasteiger partial charge in [-0.25, -0.2) is 0 Å². The van der Waals surface area contributed by atoms with Crippen molar-refractivity contribution in [1.29, 1.82) is 0 Å². The van der Waals surface area contributed by atoms with E-state index >= 15 is 0 Å². The lowest BCUT2D eigenvalue weighted by Crippen LogP contribution is -2.34. The summed E-state index contributed by atoms with van der Waals surface area (Å²) in [4.78, 5) is 0. The third-order valence-electron chi connectivity index (χ3n) is 2.35. The molecule has 2 rings (SSSR count). The van der Waals surface area contributed by atoms with Crippen LogP contribution in [-0.2, 0) is 6.54 Å². The zero-order chi connectivity index (χ0) is 11.6. The van der Waals surface area contributed by atoms with Gasteiger partial charge in [0.2, 0.25) is 6.79 Å². The molecule has 2 N–H and O–H groups in total. The fourth-order valence-electron chi connectivity index (χ4n) is 1.63. The molecule has 0 aromatic heterocycles. The van der Waals surface area contributed by atoms with E-state index in [9.17, 15) is 5.11 Å². The highest BCUT2D eigenvalue weighted by Gasteiger charge is 2.17. The highest BCUT2D eigenvalue weighted by atomic mass is 16.7. The molecule has 0 atom stereocenters. The maximum atomic E-state index is 9.57. The first kappa shape index (κ1) is 11.2. The fourth-order valence-corrected chi connectivity index (χ4v) is 1.63. The van der Waals surface area contributed by atoms with E-state index in [4.69, 9.17) is 9.47 Å². The van der Waals surface area contributed by atoms with Crippen LogP contribution in [0.1, 0.15) is 19.4 Å². The molecule has 0 radical (unpaired) electrons. The Morgan fingerprint density at radius 3 is 2.94 bits per heavy atom. The maximum absolute atomic E-state index is 9.57. The number of rotatable bonds is 4.